The van der Waals surface area contributed by atoms with Gasteiger partial charge in [0, 0.05) is 29.9 Å². The number of benzene rings is 2. The van der Waals surface area contributed by atoms with Gasteiger partial charge in [0.25, 0.3) is 0 Å². The molecule has 27 heavy (non-hydrogen) atoms. The number of methoxy groups -OCH3 is 1. The number of carboxylic acids is 1. The fourth-order valence-electron chi connectivity index (χ4n) is 3.65. The fraction of sp³-hybridized carbons (Fsp3) is 0.421. The van der Waals surface area contributed by atoms with E-state index in [-0.39, 0.29) is 17.5 Å². The number of ether oxygens (including phenoxy) is 1. The number of hydrogen-bond acceptors (Lipinski definition) is 5. The normalized spacial score (nSPS) is 16.7. The van der Waals surface area contributed by atoms with Gasteiger partial charge in [-0.15, -0.1) is 0 Å². The number of piperidine rings is 1. The zero-order chi connectivity index (χ0) is 19.6. The number of hydrogen-bond donors (Lipinski definition) is 1. The van der Waals surface area contributed by atoms with Gasteiger partial charge in [-0.25, -0.2) is 8.42 Å². The molecule has 0 amide bonds. The van der Waals surface area contributed by atoms with Gasteiger partial charge < -0.3 is 9.84 Å². The van der Waals surface area contributed by atoms with Crippen LogP contribution in [0.5, 0.6) is 5.75 Å². The molecule has 1 fully saturated rings. The van der Waals surface area contributed by atoms with Crippen LogP contribution in [0.2, 0.25) is 0 Å². The Morgan fingerprint density at radius 2 is 1.81 bits per heavy atom. The lowest BCUT2D eigenvalue weighted by atomic mass is 10.1. The van der Waals surface area contributed by atoms with Gasteiger partial charge in [-0.2, -0.15) is 4.31 Å². The van der Waals surface area contributed by atoms with E-state index in [1.807, 2.05) is 18.2 Å². The highest BCUT2D eigenvalue weighted by molar-refractivity contribution is 7.89. The molecule has 1 heterocycles. The highest BCUT2D eigenvalue weighted by atomic mass is 32.2. The van der Waals surface area contributed by atoms with E-state index >= 15 is 0 Å². The number of carboxylic acid groups (broad SMARTS) is 1. The molecule has 1 aliphatic rings. The molecule has 1 aliphatic heterocycles. The maximum absolute atomic E-state index is 13.2. The van der Waals surface area contributed by atoms with Crippen LogP contribution in [-0.2, 0) is 14.8 Å². The summed E-state index contributed by atoms with van der Waals surface area (Å²) in [5.74, 6) is -0.240. The topological polar surface area (TPSA) is 87.2 Å². The third-order valence-electron chi connectivity index (χ3n) is 5.11. The Balaban J connectivity index is 1.84. The predicted octanol–water partition coefficient (Wildman–Crippen LogP) is 2.02. The summed E-state index contributed by atoms with van der Waals surface area (Å²) in [6.45, 7) is 0.704. The minimum absolute atomic E-state index is 0.0411. The first-order chi connectivity index (χ1) is 12.8. The standard InChI is InChI=1S/C19H24N2O5S/c1-20(13-19(22)23)14-9-11-21(12-10-14)27(24,25)18-8-7-17(26-2)15-5-3-4-6-16(15)18/h3-8,14H,9-13H2,1-2H3,(H,22,23). The molecule has 0 spiro atoms. The first-order valence-corrected chi connectivity index (χ1v) is 10.3. The van der Waals surface area contributed by atoms with Crippen molar-refractivity contribution in [2.24, 2.45) is 0 Å². The van der Waals surface area contributed by atoms with Gasteiger partial charge in [0.2, 0.25) is 10.0 Å². The average molecular weight is 392 g/mol. The SMILES string of the molecule is COc1ccc(S(=O)(=O)N2CCC(N(C)CC(=O)O)CC2)c2ccccc12. The Kier molecular flexibility index (Phi) is 5.69. The van der Waals surface area contributed by atoms with E-state index in [1.165, 1.54) is 4.31 Å². The molecule has 0 bridgehead atoms. The minimum atomic E-state index is -3.64. The molecule has 7 nitrogen and oxygen atoms in total. The van der Waals surface area contributed by atoms with Gasteiger partial charge in [0.15, 0.2) is 0 Å². The maximum Gasteiger partial charge on any atom is 0.317 e. The molecule has 0 atom stereocenters. The van der Waals surface area contributed by atoms with Crippen LogP contribution in [0.4, 0.5) is 0 Å². The summed E-state index contributed by atoms with van der Waals surface area (Å²) in [7, 11) is -0.315. The summed E-state index contributed by atoms with van der Waals surface area (Å²) in [6, 6.07) is 10.7. The molecule has 146 valence electrons. The largest absolute Gasteiger partial charge is 0.496 e. The van der Waals surface area contributed by atoms with Crippen LogP contribution in [0.1, 0.15) is 12.8 Å². The Bertz CT molecular complexity index is 936. The van der Waals surface area contributed by atoms with E-state index in [1.54, 1.807) is 37.3 Å². The Morgan fingerprint density at radius 3 is 2.41 bits per heavy atom. The minimum Gasteiger partial charge on any atom is -0.496 e. The fourth-order valence-corrected chi connectivity index (χ4v) is 5.32. The van der Waals surface area contributed by atoms with Crippen molar-refractivity contribution in [1.82, 2.24) is 9.21 Å². The summed E-state index contributed by atoms with van der Waals surface area (Å²) in [5, 5.41) is 10.3. The second-order valence-corrected chi connectivity index (χ2v) is 8.66. The van der Waals surface area contributed by atoms with E-state index in [4.69, 9.17) is 9.84 Å². The highest BCUT2D eigenvalue weighted by Gasteiger charge is 2.32. The third-order valence-corrected chi connectivity index (χ3v) is 7.07. The molecule has 0 aromatic heterocycles. The Morgan fingerprint density at radius 1 is 1.19 bits per heavy atom. The number of aliphatic carboxylic acids is 1. The van der Waals surface area contributed by atoms with Crippen molar-refractivity contribution in [2.75, 3.05) is 33.8 Å². The van der Waals surface area contributed by atoms with Crippen LogP contribution in [0.3, 0.4) is 0 Å². The summed E-state index contributed by atoms with van der Waals surface area (Å²) in [4.78, 5) is 12.9. The van der Waals surface area contributed by atoms with Gasteiger partial charge in [-0.3, -0.25) is 9.69 Å². The van der Waals surface area contributed by atoms with Gasteiger partial charge in [0.1, 0.15) is 5.75 Å². The summed E-state index contributed by atoms with van der Waals surface area (Å²) in [5.41, 5.74) is 0. The lowest BCUT2D eigenvalue weighted by Crippen LogP contribution is -2.46. The number of rotatable bonds is 6. The lowest BCUT2D eigenvalue weighted by Gasteiger charge is -2.35. The molecule has 0 saturated carbocycles. The van der Waals surface area contributed by atoms with Crippen molar-refractivity contribution in [2.45, 2.75) is 23.8 Å². The monoisotopic (exact) mass is 392 g/mol. The maximum atomic E-state index is 13.2. The average Bonchev–Trinajstić information content (AvgIpc) is 2.66. The van der Waals surface area contributed by atoms with Gasteiger partial charge in [0.05, 0.1) is 18.6 Å². The molecule has 1 saturated heterocycles. The van der Waals surface area contributed by atoms with Crippen molar-refractivity contribution in [3.63, 3.8) is 0 Å². The number of nitrogens with zero attached hydrogens (tertiary/aromatic N) is 2. The molecule has 0 radical (unpaired) electrons. The number of sulfonamides is 1. The lowest BCUT2D eigenvalue weighted by molar-refractivity contribution is -0.138. The smallest absolute Gasteiger partial charge is 0.317 e. The van der Waals surface area contributed by atoms with E-state index in [9.17, 15) is 13.2 Å². The summed E-state index contributed by atoms with van der Waals surface area (Å²) in [6.07, 6.45) is 1.22. The van der Waals surface area contributed by atoms with E-state index < -0.39 is 16.0 Å². The van der Waals surface area contributed by atoms with Crippen molar-refractivity contribution >= 4 is 26.8 Å². The molecule has 2 aromatic carbocycles. The zero-order valence-electron chi connectivity index (χ0n) is 15.5. The predicted molar refractivity (Wildman–Crippen MR) is 103 cm³/mol. The van der Waals surface area contributed by atoms with Gasteiger partial charge in [-0.05, 0) is 32.0 Å². The number of fused-ring (bicyclic) bond motifs is 1. The molecule has 0 unspecified atom stereocenters. The van der Waals surface area contributed by atoms with Crippen molar-refractivity contribution in [3.8, 4) is 5.75 Å². The Hall–Kier alpha value is -2.16. The summed E-state index contributed by atoms with van der Waals surface area (Å²) < 4.78 is 33.3. The van der Waals surface area contributed by atoms with Gasteiger partial charge >= 0.3 is 5.97 Å². The van der Waals surface area contributed by atoms with Crippen LogP contribution in [0, 0.1) is 0 Å². The number of carbonyl (C=O) groups is 1. The van der Waals surface area contributed by atoms with Crippen LogP contribution in [0.25, 0.3) is 10.8 Å². The second kappa shape index (κ2) is 7.84. The van der Waals surface area contributed by atoms with Crippen molar-refractivity contribution < 1.29 is 23.1 Å². The number of likely N-dealkylation sites (N-methyl/N-ethyl adjacent to an activating group) is 1. The molecule has 1 N–H and O–H groups in total. The van der Waals surface area contributed by atoms with Crippen LogP contribution >= 0.6 is 0 Å². The molecular weight excluding hydrogens is 368 g/mol. The van der Waals surface area contributed by atoms with E-state index in [2.05, 4.69) is 0 Å². The van der Waals surface area contributed by atoms with Crippen LogP contribution in [0.15, 0.2) is 41.3 Å². The zero-order valence-corrected chi connectivity index (χ0v) is 16.3. The van der Waals surface area contributed by atoms with Gasteiger partial charge in [-0.1, -0.05) is 24.3 Å². The highest BCUT2D eigenvalue weighted by Crippen LogP contribution is 2.33. The van der Waals surface area contributed by atoms with E-state index in [0.29, 0.717) is 37.1 Å². The molecule has 3 rings (SSSR count). The first kappa shape index (κ1) is 19.6. The molecule has 8 heteroatoms. The molecule has 0 aliphatic carbocycles. The third kappa shape index (κ3) is 3.92. The second-order valence-electron chi connectivity index (χ2n) is 6.76. The van der Waals surface area contributed by atoms with Crippen molar-refractivity contribution in [1.29, 1.82) is 0 Å². The van der Waals surface area contributed by atoms with Crippen molar-refractivity contribution in [3.05, 3.63) is 36.4 Å². The molecular formula is C19H24N2O5S. The van der Waals surface area contributed by atoms with E-state index in [0.717, 1.165) is 5.39 Å². The quantitative estimate of drug-likeness (QED) is 0.809. The van der Waals surface area contributed by atoms with Crippen LogP contribution in [-0.4, -0.2) is 68.5 Å². The summed E-state index contributed by atoms with van der Waals surface area (Å²) >= 11 is 0. The van der Waals surface area contributed by atoms with Crippen LogP contribution < -0.4 is 4.74 Å². The first-order valence-electron chi connectivity index (χ1n) is 8.82. The molecule has 2 aromatic rings. The Labute approximate surface area is 159 Å².